The van der Waals surface area contributed by atoms with E-state index in [4.69, 9.17) is 4.52 Å². The SMILES string of the molecule is CCc1noc2c1C(NC)CC2. The van der Waals surface area contributed by atoms with Gasteiger partial charge in [-0.2, -0.15) is 0 Å². The molecule has 0 radical (unpaired) electrons. The number of hydrogen-bond acceptors (Lipinski definition) is 3. The standard InChI is InChI=1S/C9H14N2O/c1-3-6-9-7(10-2)4-5-8(9)12-11-6/h7,10H,3-5H2,1-2H3. The molecule has 0 saturated heterocycles. The fraction of sp³-hybridized carbons (Fsp3) is 0.667. The van der Waals surface area contributed by atoms with Gasteiger partial charge in [-0.3, -0.25) is 0 Å². The average Bonchev–Trinajstić information content (AvgIpc) is 2.62. The molecular weight excluding hydrogens is 152 g/mol. The summed E-state index contributed by atoms with van der Waals surface area (Å²) in [5.41, 5.74) is 2.45. The van der Waals surface area contributed by atoms with Gasteiger partial charge in [-0.1, -0.05) is 12.1 Å². The molecule has 1 atom stereocenters. The van der Waals surface area contributed by atoms with Gasteiger partial charge in [0.1, 0.15) is 5.76 Å². The Kier molecular flexibility index (Phi) is 1.89. The fourth-order valence-corrected chi connectivity index (χ4v) is 1.91. The van der Waals surface area contributed by atoms with Crippen LogP contribution in [-0.2, 0) is 12.8 Å². The van der Waals surface area contributed by atoms with E-state index in [9.17, 15) is 0 Å². The predicted octanol–water partition coefficient (Wildman–Crippen LogP) is 1.44. The first kappa shape index (κ1) is 7.80. The van der Waals surface area contributed by atoms with Crippen molar-refractivity contribution in [3.8, 4) is 0 Å². The first-order chi connectivity index (χ1) is 5.86. The highest BCUT2D eigenvalue weighted by molar-refractivity contribution is 5.31. The van der Waals surface area contributed by atoms with Crippen LogP contribution in [0.25, 0.3) is 0 Å². The third kappa shape index (κ3) is 0.966. The van der Waals surface area contributed by atoms with Crippen molar-refractivity contribution in [1.82, 2.24) is 10.5 Å². The molecule has 0 bridgehead atoms. The molecule has 0 saturated carbocycles. The van der Waals surface area contributed by atoms with Crippen LogP contribution in [0.15, 0.2) is 4.52 Å². The number of hydrogen-bond donors (Lipinski definition) is 1. The zero-order valence-electron chi connectivity index (χ0n) is 7.55. The van der Waals surface area contributed by atoms with Crippen LogP contribution in [0.3, 0.4) is 0 Å². The topological polar surface area (TPSA) is 38.1 Å². The summed E-state index contributed by atoms with van der Waals surface area (Å²) in [5, 5.41) is 7.32. The van der Waals surface area contributed by atoms with E-state index in [1.165, 1.54) is 5.56 Å². The van der Waals surface area contributed by atoms with Crippen molar-refractivity contribution in [2.75, 3.05) is 7.05 Å². The molecule has 1 aliphatic carbocycles. The maximum atomic E-state index is 5.24. The normalized spacial score (nSPS) is 21.3. The molecule has 3 heteroatoms. The minimum absolute atomic E-state index is 0.473. The Balaban J connectivity index is 2.38. The molecule has 1 unspecified atom stereocenters. The highest BCUT2D eigenvalue weighted by Crippen LogP contribution is 2.33. The number of fused-ring (bicyclic) bond motifs is 1. The smallest absolute Gasteiger partial charge is 0.141 e. The van der Waals surface area contributed by atoms with Gasteiger partial charge in [-0.05, 0) is 19.9 Å². The number of rotatable bonds is 2. The van der Waals surface area contributed by atoms with Crippen molar-refractivity contribution in [3.05, 3.63) is 17.0 Å². The Hall–Kier alpha value is -0.830. The summed E-state index contributed by atoms with van der Waals surface area (Å²) in [6.07, 6.45) is 3.16. The van der Waals surface area contributed by atoms with Gasteiger partial charge in [0.2, 0.25) is 0 Å². The van der Waals surface area contributed by atoms with Gasteiger partial charge in [-0.25, -0.2) is 0 Å². The lowest BCUT2D eigenvalue weighted by Gasteiger charge is -2.07. The van der Waals surface area contributed by atoms with E-state index in [1.807, 2.05) is 7.05 Å². The van der Waals surface area contributed by atoms with Crippen LogP contribution in [0.2, 0.25) is 0 Å². The summed E-state index contributed by atoms with van der Waals surface area (Å²) in [7, 11) is 1.99. The Morgan fingerprint density at radius 3 is 3.17 bits per heavy atom. The summed E-state index contributed by atoms with van der Waals surface area (Å²) >= 11 is 0. The third-order valence-corrected chi connectivity index (χ3v) is 2.57. The molecule has 0 spiro atoms. The molecule has 12 heavy (non-hydrogen) atoms. The monoisotopic (exact) mass is 166 g/mol. The maximum absolute atomic E-state index is 5.24. The molecule has 2 rings (SSSR count). The lowest BCUT2D eigenvalue weighted by atomic mass is 10.1. The van der Waals surface area contributed by atoms with Crippen LogP contribution in [0.1, 0.15) is 36.4 Å². The minimum Gasteiger partial charge on any atom is -0.361 e. The van der Waals surface area contributed by atoms with Crippen molar-refractivity contribution in [2.45, 2.75) is 32.2 Å². The zero-order valence-corrected chi connectivity index (χ0v) is 7.55. The molecule has 1 aliphatic rings. The average molecular weight is 166 g/mol. The van der Waals surface area contributed by atoms with Crippen LogP contribution >= 0.6 is 0 Å². The number of nitrogens with one attached hydrogen (secondary N) is 1. The van der Waals surface area contributed by atoms with E-state index in [2.05, 4.69) is 17.4 Å². The van der Waals surface area contributed by atoms with Crippen molar-refractivity contribution in [2.24, 2.45) is 0 Å². The van der Waals surface area contributed by atoms with Crippen molar-refractivity contribution in [3.63, 3.8) is 0 Å². The maximum Gasteiger partial charge on any atom is 0.141 e. The lowest BCUT2D eigenvalue weighted by molar-refractivity contribution is 0.378. The first-order valence-corrected chi connectivity index (χ1v) is 4.51. The first-order valence-electron chi connectivity index (χ1n) is 4.51. The summed E-state index contributed by atoms with van der Waals surface area (Å²) < 4.78 is 5.24. The number of aromatic nitrogens is 1. The molecule has 0 amide bonds. The molecular formula is C9H14N2O. The van der Waals surface area contributed by atoms with Gasteiger partial charge in [0.15, 0.2) is 0 Å². The third-order valence-electron chi connectivity index (χ3n) is 2.57. The molecule has 0 aliphatic heterocycles. The van der Waals surface area contributed by atoms with Crippen LogP contribution in [0.4, 0.5) is 0 Å². The zero-order chi connectivity index (χ0) is 8.55. The second kappa shape index (κ2) is 2.90. The van der Waals surface area contributed by atoms with E-state index in [0.29, 0.717) is 6.04 Å². The molecule has 1 N–H and O–H groups in total. The summed E-state index contributed by atoms with van der Waals surface area (Å²) in [6.45, 7) is 2.11. The highest BCUT2D eigenvalue weighted by atomic mass is 16.5. The summed E-state index contributed by atoms with van der Waals surface area (Å²) in [4.78, 5) is 0. The quantitative estimate of drug-likeness (QED) is 0.722. The fourth-order valence-electron chi connectivity index (χ4n) is 1.91. The summed E-state index contributed by atoms with van der Waals surface area (Å²) in [6, 6.07) is 0.473. The molecule has 1 aromatic heterocycles. The Labute approximate surface area is 72.1 Å². The Morgan fingerprint density at radius 1 is 1.67 bits per heavy atom. The van der Waals surface area contributed by atoms with Gasteiger partial charge in [-0.15, -0.1) is 0 Å². The van der Waals surface area contributed by atoms with Gasteiger partial charge >= 0.3 is 0 Å². The highest BCUT2D eigenvalue weighted by Gasteiger charge is 2.28. The molecule has 0 aromatic carbocycles. The predicted molar refractivity (Wildman–Crippen MR) is 46.0 cm³/mol. The summed E-state index contributed by atoms with van der Waals surface area (Å²) in [5.74, 6) is 1.09. The van der Waals surface area contributed by atoms with Gasteiger partial charge in [0, 0.05) is 18.0 Å². The van der Waals surface area contributed by atoms with Crippen LogP contribution in [-0.4, -0.2) is 12.2 Å². The van der Waals surface area contributed by atoms with Crippen molar-refractivity contribution < 1.29 is 4.52 Å². The van der Waals surface area contributed by atoms with Crippen LogP contribution in [0.5, 0.6) is 0 Å². The van der Waals surface area contributed by atoms with E-state index in [-0.39, 0.29) is 0 Å². The van der Waals surface area contributed by atoms with E-state index >= 15 is 0 Å². The largest absolute Gasteiger partial charge is 0.361 e. The molecule has 3 nitrogen and oxygen atoms in total. The second-order valence-corrected chi connectivity index (χ2v) is 3.20. The molecule has 0 fully saturated rings. The lowest BCUT2D eigenvalue weighted by Crippen LogP contribution is -2.14. The van der Waals surface area contributed by atoms with Gasteiger partial charge in [0.25, 0.3) is 0 Å². The van der Waals surface area contributed by atoms with E-state index in [1.54, 1.807) is 0 Å². The van der Waals surface area contributed by atoms with E-state index in [0.717, 1.165) is 30.7 Å². The van der Waals surface area contributed by atoms with Crippen molar-refractivity contribution in [1.29, 1.82) is 0 Å². The minimum atomic E-state index is 0.473. The number of nitrogens with zero attached hydrogens (tertiary/aromatic N) is 1. The van der Waals surface area contributed by atoms with Gasteiger partial charge < -0.3 is 9.84 Å². The Morgan fingerprint density at radius 2 is 2.50 bits per heavy atom. The van der Waals surface area contributed by atoms with Crippen LogP contribution < -0.4 is 5.32 Å². The van der Waals surface area contributed by atoms with Gasteiger partial charge in [0.05, 0.1) is 5.69 Å². The van der Waals surface area contributed by atoms with E-state index < -0.39 is 0 Å². The van der Waals surface area contributed by atoms with Crippen LogP contribution in [0, 0.1) is 0 Å². The molecule has 1 aromatic rings. The molecule has 1 heterocycles. The van der Waals surface area contributed by atoms with Crippen molar-refractivity contribution >= 4 is 0 Å². The Bertz CT molecular complexity index is 280. The second-order valence-electron chi connectivity index (χ2n) is 3.20. The molecule has 66 valence electrons. The number of aryl methyl sites for hydroxylation is 2.